The summed E-state index contributed by atoms with van der Waals surface area (Å²) in [4.78, 5) is 2.78. The van der Waals surface area contributed by atoms with Gasteiger partial charge in [0.05, 0.1) is 0 Å². The van der Waals surface area contributed by atoms with Crippen LogP contribution in [-0.4, -0.2) is 30.1 Å². The molecule has 18 heavy (non-hydrogen) atoms. The van der Waals surface area contributed by atoms with Gasteiger partial charge in [-0.05, 0) is 56.5 Å². The summed E-state index contributed by atoms with van der Waals surface area (Å²) >= 11 is 0. The van der Waals surface area contributed by atoms with Crippen LogP contribution >= 0.6 is 0 Å². The maximum Gasteiger partial charge on any atom is 0.0359 e. The summed E-state index contributed by atoms with van der Waals surface area (Å²) in [6, 6.07) is 0. The summed E-state index contributed by atoms with van der Waals surface area (Å²) < 4.78 is 0. The molecule has 1 saturated heterocycles. The minimum Gasteiger partial charge on any atom is -0.329 e. The standard InChI is InChI=1S/C16H32N2/c1-4-14-7-5-9-16(14,13-17)18-11-6-8-15(2,3)10-12-18/h14H,4-13,17H2,1-3H3. The highest BCUT2D eigenvalue weighted by Gasteiger charge is 2.45. The molecule has 0 radical (unpaired) electrons. The van der Waals surface area contributed by atoms with Crippen molar-refractivity contribution in [3.05, 3.63) is 0 Å². The van der Waals surface area contributed by atoms with Crippen LogP contribution in [0.5, 0.6) is 0 Å². The van der Waals surface area contributed by atoms with Crippen molar-refractivity contribution in [2.75, 3.05) is 19.6 Å². The largest absolute Gasteiger partial charge is 0.329 e. The lowest BCUT2D eigenvalue weighted by Gasteiger charge is -2.45. The van der Waals surface area contributed by atoms with Crippen molar-refractivity contribution in [1.82, 2.24) is 4.90 Å². The SMILES string of the molecule is CCC1CCCC1(CN)N1CCCC(C)(C)CC1. The highest BCUT2D eigenvalue weighted by molar-refractivity contribution is 5.02. The van der Waals surface area contributed by atoms with Gasteiger partial charge >= 0.3 is 0 Å². The molecule has 2 fully saturated rings. The first kappa shape index (κ1) is 14.3. The molecular formula is C16H32N2. The Bertz CT molecular complexity index is 274. The summed E-state index contributed by atoms with van der Waals surface area (Å²) in [5.41, 5.74) is 7.12. The molecule has 2 N–H and O–H groups in total. The lowest BCUT2D eigenvalue weighted by atomic mass is 9.82. The van der Waals surface area contributed by atoms with Gasteiger partial charge in [0.15, 0.2) is 0 Å². The monoisotopic (exact) mass is 252 g/mol. The van der Waals surface area contributed by atoms with Gasteiger partial charge in [-0.15, -0.1) is 0 Å². The van der Waals surface area contributed by atoms with E-state index in [2.05, 4.69) is 25.7 Å². The van der Waals surface area contributed by atoms with E-state index >= 15 is 0 Å². The lowest BCUT2D eigenvalue weighted by molar-refractivity contribution is 0.0561. The summed E-state index contributed by atoms with van der Waals surface area (Å²) in [7, 11) is 0. The van der Waals surface area contributed by atoms with E-state index in [0.717, 1.165) is 12.5 Å². The Morgan fingerprint density at radius 1 is 1.11 bits per heavy atom. The Morgan fingerprint density at radius 2 is 1.89 bits per heavy atom. The zero-order valence-electron chi connectivity index (χ0n) is 12.7. The van der Waals surface area contributed by atoms with Gasteiger partial charge in [0.2, 0.25) is 0 Å². The van der Waals surface area contributed by atoms with Crippen LogP contribution in [0.25, 0.3) is 0 Å². The fraction of sp³-hybridized carbons (Fsp3) is 1.00. The molecule has 0 aromatic heterocycles. The van der Waals surface area contributed by atoms with Gasteiger partial charge in [-0.2, -0.15) is 0 Å². The van der Waals surface area contributed by atoms with Gasteiger partial charge in [-0.25, -0.2) is 0 Å². The first-order valence-corrected chi connectivity index (χ1v) is 7.99. The Morgan fingerprint density at radius 3 is 2.56 bits per heavy atom. The van der Waals surface area contributed by atoms with E-state index in [9.17, 15) is 0 Å². The van der Waals surface area contributed by atoms with E-state index in [4.69, 9.17) is 5.73 Å². The topological polar surface area (TPSA) is 29.3 Å². The molecule has 2 nitrogen and oxygen atoms in total. The predicted molar refractivity (Wildman–Crippen MR) is 78.6 cm³/mol. The third-order valence-corrected chi connectivity index (χ3v) is 5.74. The van der Waals surface area contributed by atoms with E-state index < -0.39 is 0 Å². The second kappa shape index (κ2) is 5.50. The molecule has 1 heterocycles. The van der Waals surface area contributed by atoms with Crippen molar-refractivity contribution in [3.8, 4) is 0 Å². The van der Waals surface area contributed by atoms with Gasteiger partial charge in [0.1, 0.15) is 0 Å². The van der Waals surface area contributed by atoms with Gasteiger partial charge in [0.25, 0.3) is 0 Å². The number of likely N-dealkylation sites (tertiary alicyclic amines) is 1. The highest BCUT2D eigenvalue weighted by Crippen LogP contribution is 2.43. The average molecular weight is 252 g/mol. The molecule has 2 heteroatoms. The highest BCUT2D eigenvalue weighted by atomic mass is 15.2. The average Bonchev–Trinajstić information content (AvgIpc) is 2.68. The van der Waals surface area contributed by atoms with Gasteiger partial charge in [-0.1, -0.05) is 33.6 Å². The van der Waals surface area contributed by atoms with E-state index in [1.165, 1.54) is 58.0 Å². The van der Waals surface area contributed by atoms with E-state index in [-0.39, 0.29) is 0 Å². The van der Waals surface area contributed by atoms with Crippen LogP contribution in [0.4, 0.5) is 0 Å². The van der Waals surface area contributed by atoms with Crippen molar-refractivity contribution in [3.63, 3.8) is 0 Å². The normalized spacial score (nSPS) is 37.7. The minimum atomic E-state index is 0.342. The minimum absolute atomic E-state index is 0.342. The molecule has 1 aliphatic heterocycles. The zero-order valence-corrected chi connectivity index (χ0v) is 12.7. The molecule has 2 aliphatic rings. The fourth-order valence-corrected chi connectivity index (χ4v) is 4.39. The van der Waals surface area contributed by atoms with Crippen LogP contribution < -0.4 is 5.73 Å². The fourth-order valence-electron chi connectivity index (χ4n) is 4.39. The van der Waals surface area contributed by atoms with Gasteiger partial charge < -0.3 is 5.73 Å². The van der Waals surface area contributed by atoms with Crippen LogP contribution in [0.1, 0.15) is 65.7 Å². The second-order valence-corrected chi connectivity index (χ2v) is 7.31. The number of hydrogen-bond acceptors (Lipinski definition) is 2. The summed E-state index contributed by atoms with van der Waals surface area (Å²) in [6.45, 7) is 10.6. The maximum atomic E-state index is 6.24. The van der Waals surface area contributed by atoms with Crippen LogP contribution in [0.15, 0.2) is 0 Å². The van der Waals surface area contributed by atoms with Crippen LogP contribution in [0, 0.1) is 11.3 Å². The Kier molecular flexibility index (Phi) is 4.38. The van der Waals surface area contributed by atoms with E-state index in [1.807, 2.05) is 0 Å². The van der Waals surface area contributed by atoms with Crippen LogP contribution in [0.2, 0.25) is 0 Å². The zero-order chi connectivity index (χ0) is 13.2. The molecule has 0 aromatic carbocycles. The second-order valence-electron chi connectivity index (χ2n) is 7.31. The number of rotatable bonds is 3. The molecular weight excluding hydrogens is 220 g/mol. The molecule has 0 aromatic rings. The van der Waals surface area contributed by atoms with Crippen LogP contribution in [0.3, 0.4) is 0 Å². The predicted octanol–water partition coefficient (Wildman–Crippen LogP) is 3.41. The Labute approximate surface area is 113 Å². The van der Waals surface area contributed by atoms with E-state index in [1.54, 1.807) is 0 Å². The third kappa shape index (κ3) is 2.60. The molecule has 2 unspecified atom stereocenters. The Balaban J connectivity index is 2.12. The van der Waals surface area contributed by atoms with Crippen LogP contribution in [-0.2, 0) is 0 Å². The van der Waals surface area contributed by atoms with Gasteiger partial charge in [0, 0.05) is 12.1 Å². The molecule has 1 saturated carbocycles. The number of hydrogen-bond donors (Lipinski definition) is 1. The number of nitrogens with zero attached hydrogens (tertiary/aromatic N) is 1. The van der Waals surface area contributed by atoms with Crippen molar-refractivity contribution in [2.24, 2.45) is 17.1 Å². The molecule has 1 aliphatic carbocycles. The van der Waals surface area contributed by atoms with E-state index in [0.29, 0.717) is 11.0 Å². The van der Waals surface area contributed by atoms with Crippen molar-refractivity contribution < 1.29 is 0 Å². The first-order valence-electron chi connectivity index (χ1n) is 7.99. The smallest absolute Gasteiger partial charge is 0.0359 e. The molecule has 0 bridgehead atoms. The number of nitrogens with two attached hydrogens (primary N) is 1. The van der Waals surface area contributed by atoms with Crippen molar-refractivity contribution in [2.45, 2.75) is 71.3 Å². The van der Waals surface area contributed by atoms with Gasteiger partial charge in [-0.3, -0.25) is 4.90 Å². The molecule has 2 atom stereocenters. The molecule has 0 spiro atoms. The molecule has 0 amide bonds. The third-order valence-electron chi connectivity index (χ3n) is 5.74. The Hall–Kier alpha value is -0.0800. The maximum absolute atomic E-state index is 6.24. The summed E-state index contributed by atoms with van der Waals surface area (Å²) in [5, 5.41) is 0. The molecule has 2 rings (SSSR count). The van der Waals surface area contributed by atoms with Crippen molar-refractivity contribution in [1.29, 1.82) is 0 Å². The summed E-state index contributed by atoms with van der Waals surface area (Å²) in [5.74, 6) is 0.837. The summed E-state index contributed by atoms with van der Waals surface area (Å²) in [6.07, 6.45) is 9.49. The quantitative estimate of drug-likeness (QED) is 0.834. The first-order chi connectivity index (χ1) is 8.54. The lowest BCUT2D eigenvalue weighted by Crippen LogP contribution is -2.56. The molecule has 106 valence electrons. The van der Waals surface area contributed by atoms with Crippen molar-refractivity contribution >= 4 is 0 Å².